The molecule has 1 aromatic carbocycles. The Morgan fingerprint density at radius 1 is 1.17 bits per heavy atom. The van der Waals surface area contributed by atoms with Crippen molar-refractivity contribution in [2.75, 3.05) is 58.6 Å². The quantitative estimate of drug-likeness (QED) is 0.182. The molecule has 41 heavy (non-hydrogen) atoms. The third-order valence-corrected chi connectivity index (χ3v) is 8.19. The van der Waals surface area contributed by atoms with Crippen molar-refractivity contribution in [3.63, 3.8) is 0 Å². The number of thiophene rings is 1. The molecule has 1 atom stereocenters. The Bertz CT molecular complexity index is 1550. The predicted octanol–water partition coefficient (Wildman–Crippen LogP) is 4.44. The van der Waals surface area contributed by atoms with Crippen molar-refractivity contribution < 1.29 is 19.1 Å². The highest BCUT2D eigenvalue weighted by molar-refractivity contribution is 7.12. The molecular weight excluding hydrogens is 542 g/mol. The highest BCUT2D eigenvalue weighted by Gasteiger charge is 2.27. The van der Waals surface area contributed by atoms with Crippen LogP contribution in [0.1, 0.15) is 39.6 Å². The van der Waals surface area contributed by atoms with Gasteiger partial charge in [0.2, 0.25) is 5.95 Å². The average molecular weight is 578 g/mol. The van der Waals surface area contributed by atoms with Gasteiger partial charge in [0.1, 0.15) is 27.9 Å². The lowest BCUT2D eigenvalue weighted by molar-refractivity contribution is -0.120. The molecule has 1 aliphatic rings. The van der Waals surface area contributed by atoms with Gasteiger partial charge < -0.3 is 30.4 Å². The minimum Gasteiger partial charge on any atom is -0.495 e. The van der Waals surface area contributed by atoms with E-state index in [1.165, 1.54) is 16.9 Å². The minimum atomic E-state index is -0.169. The maximum absolute atomic E-state index is 12.9. The summed E-state index contributed by atoms with van der Waals surface area (Å²) in [5, 5.41) is 12.0. The van der Waals surface area contributed by atoms with Crippen LogP contribution >= 0.6 is 11.3 Å². The number of aryl methyl sites for hydroxylation is 1. The van der Waals surface area contributed by atoms with Gasteiger partial charge in [-0.3, -0.25) is 14.5 Å². The number of benzene rings is 1. The van der Waals surface area contributed by atoms with E-state index in [0.717, 1.165) is 36.0 Å². The molecule has 3 heterocycles. The molecular formula is C29H35N7O4S. The lowest BCUT2D eigenvalue weighted by Crippen LogP contribution is -2.29. The van der Waals surface area contributed by atoms with Crippen LogP contribution in [0.2, 0.25) is 0 Å². The van der Waals surface area contributed by atoms with Crippen molar-refractivity contribution in [3.8, 4) is 5.75 Å². The lowest BCUT2D eigenvalue weighted by atomic mass is 9.95. The number of aromatic nitrogens is 3. The Kier molecular flexibility index (Phi) is 8.81. The Labute approximate surface area is 242 Å². The monoisotopic (exact) mass is 577 g/mol. The molecule has 0 fully saturated rings. The first-order valence-corrected chi connectivity index (χ1v) is 14.4. The summed E-state index contributed by atoms with van der Waals surface area (Å²) in [5.41, 5.74) is 4.37. The molecule has 0 saturated carbocycles. The first-order chi connectivity index (χ1) is 19.9. The second-order valence-electron chi connectivity index (χ2n) is 10.1. The summed E-state index contributed by atoms with van der Waals surface area (Å²) in [6.45, 7) is 1.72. The van der Waals surface area contributed by atoms with Crippen molar-refractivity contribution in [1.82, 2.24) is 25.2 Å². The number of nitrogens with one attached hydrogen (secondary N) is 4. The van der Waals surface area contributed by atoms with E-state index < -0.39 is 0 Å². The third-order valence-electron chi connectivity index (χ3n) is 7.27. The van der Waals surface area contributed by atoms with E-state index in [4.69, 9.17) is 14.5 Å². The standard InChI is InChI=1S/C29H35N7O4S/c1-30-28(38)25-22(8-12-41-25)32-27-20-7-9-31-26(20)34-29(35-27)33-23-15-21-17(5-6-18(21)14-24(23)40-4)13-19(37)16-36(2)10-11-39-3/h7-9,12,14-15,17H,5-6,10-11,13,16H2,1-4H3,(H,30,38)(H3,31,32,33,34,35). The Balaban J connectivity index is 1.40. The van der Waals surface area contributed by atoms with E-state index in [-0.39, 0.29) is 17.6 Å². The molecule has 3 aromatic heterocycles. The number of H-pyrrole nitrogens is 1. The maximum atomic E-state index is 12.9. The number of hydrogen-bond donors (Lipinski definition) is 4. The highest BCUT2D eigenvalue weighted by atomic mass is 32.1. The van der Waals surface area contributed by atoms with Gasteiger partial charge in [0.05, 0.1) is 37.0 Å². The zero-order valence-corrected chi connectivity index (χ0v) is 24.5. The average Bonchev–Trinajstić information content (AvgIpc) is 3.71. The van der Waals surface area contributed by atoms with E-state index in [1.54, 1.807) is 27.5 Å². The van der Waals surface area contributed by atoms with E-state index in [1.807, 2.05) is 35.5 Å². The number of ether oxygens (including phenoxy) is 2. The van der Waals surface area contributed by atoms with Crippen LogP contribution < -0.4 is 20.7 Å². The predicted molar refractivity (Wildman–Crippen MR) is 161 cm³/mol. The molecule has 4 N–H and O–H groups in total. The zero-order valence-electron chi connectivity index (χ0n) is 23.7. The summed E-state index contributed by atoms with van der Waals surface area (Å²) < 4.78 is 10.8. The van der Waals surface area contributed by atoms with Gasteiger partial charge in [0, 0.05) is 33.3 Å². The molecule has 11 nitrogen and oxygen atoms in total. The van der Waals surface area contributed by atoms with Crippen LogP contribution in [0, 0.1) is 0 Å². The molecule has 0 bridgehead atoms. The van der Waals surface area contributed by atoms with Crippen molar-refractivity contribution in [1.29, 1.82) is 0 Å². The van der Waals surface area contributed by atoms with Gasteiger partial charge in [0.25, 0.3) is 5.91 Å². The topological polar surface area (TPSA) is 134 Å². The number of fused-ring (bicyclic) bond motifs is 2. The van der Waals surface area contributed by atoms with Gasteiger partial charge >= 0.3 is 0 Å². The van der Waals surface area contributed by atoms with Crippen LogP contribution in [0.5, 0.6) is 5.75 Å². The van der Waals surface area contributed by atoms with Crippen molar-refractivity contribution >= 4 is 57.2 Å². The van der Waals surface area contributed by atoms with Gasteiger partial charge in [-0.15, -0.1) is 11.3 Å². The molecule has 0 spiro atoms. The van der Waals surface area contributed by atoms with Crippen molar-refractivity contribution in [3.05, 3.63) is 51.8 Å². The SMILES string of the molecule is CNC(=O)c1sccc1Nc1nc(Nc2cc3c(cc2OC)CCC3CC(=O)CN(C)CCOC)nc2[nH]ccc12. The Morgan fingerprint density at radius 3 is 2.80 bits per heavy atom. The van der Waals surface area contributed by atoms with Gasteiger partial charge in [0.15, 0.2) is 0 Å². The van der Waals surface area contributed by atoms with Crippen LogP contribution in [0.25, 0.3) is 11.0 Å². The van der Waals surface area contributed by atoms with E-state index in [0.29, 0.717) is 53.3 Å². The zero-order chi connectivity index (χ0) is 28.9. The van der Waals surface area contributed by atoms with Crippen LogP contribution in [0.15, 0.2) is 35.8 Å². The van der Waals surface area contributed by atoms with Crippen LogP contribution in [-0.4, -0.2) is 79.6 Å². The Morgan fingerprint density at radius 2 is 2.02 bits per heavy atom. The Hall–Kier alpha value is -4.00. The van der Waals surface area contributed by atoms with E-state index in [9.17, 15) is 9.59 Å². The summed E-state index contributed by atoms with van der Waals surface area (Å²) in [6, 6.07) is 7.84. The summed E-state index contributed by atoms with van der Waals surface area (Å²) in [6.07, 6.45) is 4.11. The lowest BCUT2D eigenvalue weighted by Gasteiger charge is -2.18. The van der Waals surface area contributed by atoms with E-state index >= 15 is 0 Å². The number of nitrogens with zero attached hydrogens (tertiary/aromatic N) is 3. The summed E-state index contributed by atoms with van der Waals surface area (Å²) in [4.78, 5) is 40.3. The molecule has 1 aliphatic carbocycles. The molecule has 1 unspecified atom stereocenters. The summed E-state index contributed by atoms with van der Waals surface area (Å²) >= 11 is 1.35. The minimum absolute atomic E-state index is 0.144. The number of carbonyl (C=O) groups is 2. The van der Waals surface area contributed by atoms with Gasteiger partial charge in [-0.05, 0) is 66.6 Å². The van der Waals surface area contributed by atoms with Gasteiger partial charge in [-0.2, -0.15) is 9.97 Å². The molecule has 0 saturated heterocycles. The third kappa shape index (κ3) is 6.34. The summed E-state index contributed by atoms with van der Waals surface area (Å²) in [5.74, 6) is 1.79. The normalized spacial score (nSPS) is 14.3. The number of methoxy groups -OCH3 is 2. The number of hydrogen-bond acceptors (Lipinski definition) is 10. The molecule has 0 aliphatic heterocycles. The number of rotatable bonds is 13. The van der Waals surface area contributed by atoms with Crippen LogP contribution in [0.3, 0.4) is 0 Å². The number of amides is 1. The molecule has 216 valence electrons. The first kappa shape index (κ1) is 28.5. The van der Waals surface area contributed by atoms with Gasteiger partial charge in [-0.25, -0.2) is 0 Å². The molecule has 5 rings (SSSR count). The molecule has 1 amide bonds. The fraction of sp³-hybridized carbons (Fsp3) is 0.379. The number of ketones is 1. The van der Waals surface area contributed by atoms with Crippen LogP contribution in [0.4, 0.5) is 23.1 Å². The van der Waals surface area contributed by atoms with Crippen molar-refractivity contribution in [2.45, 2.75) is 25.2 Å². The molecule has 0 radical (unpaired) electrons. The highest BCUT2D eigenvalue weighted by Crippen LogP contribution is 2.42. The fourth-order valence-corrected chi connectivity index (χ4v) is 6.00. The van der Waals surface area contributed by atoms with Crippen LogP contribution in [-0.2, 0) is 16.0 Å². The first-order valence-electron chi connectivity index (χ1n) is 13.5. The smallest absolute Gasteiger partial charge is 0.263 e. The fourth-order valence-electron chi connectivity index (χ4n) is 5.20. The number of likely N-dealkylation sites (N-methyl/N-ethyl adjacent to an activating group) is 1. The number of carbonyl (C=O) groups excluding carboxylic acids is 2. The second kappa shape index (κ2) is 12.7. The number of anilines is 4. The number of Topliss-reactive ketones (excluding diaryl/α,β-unsaturated/α-hetero) is 1. The summed E-state index contributed by atoms with van der Waals surface area (Å²) in [7, 11) is 6.84. The van der Waals surface area contributed by atoms with Gasteiger partial charge in [-0.1, -0.05) is 0 Å². The maximum Gasteiger partial charge on any atom is 0.263 e. The second-order valence-corrected chi connectivity index (χ2v) is 11.0. The van der Waals surface area contributed by atoms with E-state index in [2.05, 4.69) is 32.0 Å². The number of aromatic amines is 1. The largest absolute Gasteiger partial charge is 0.495 e. The molecule has 12 heteroatoms. The van der Waals surface area contributed by atoms with Crippen molar-refractivity contribution in [2.24, 2.45) is 0 Å². The molecule has 4 aromatic rings.